The average molecular weight is 260 g/mol. The van der Waals surface area contributed by atoms with Gasteiger partial charge in [-0.2, -0.15) is 0 Å². The van der Waals surface area contributed by atoms with E-state index in [9.17, 15) is 4.79 Å². The molecule has 0 bridgehead atoms. The molecule has 18 heavy (non-hydrogen) atoms. The molecule has 1 heterocycles. The van der Waals surface area contributed by atoms with Crippen LogP contribution < -0.4 is 0 Å². The van der Waals surface area contributed by atoms with E-state index in [1.54, 1.807) is 0 Å². The molecule has 0 unspecified atom stereocenters. The minimum atomic E-state index is -0.606. The molecule has 0 saturated heterocycles. The number of nitrogens with one attached hydrogen (secondary N) is 1. The maximum absolute atomic E-state index is 11.5. The number of halogens is 1. The topological polar surface area (TPSA) is 66.2 Å². The summed E-state index contributed by atoms with van der Waals surface area (Å²) in [6.07, 6.45) is 1.93. The van der Waals surface area contributed by atoms with Crippen molar-refractivity contribution < 1.29 is 4.79 Å². The first-order valence-electron chi connectivity index (χ1n) is 5.31. The molecule has 5 heteroatoms. The number of hydrogen-bond donors (Lipinski definition) is 1. The van der Waals surface area contributed by atoms with Crippen LogP contribution in [0.15, 0.2) is 47.7 Å². The van der Waals surface area contributed by atoms with Gasteiger partial charge < -0.3 is 0 Å². The van der Waals surface area contributed by atoms with E-state index in [1.165, 1.54) is 12.3 Å². The van der Waals surface area contributed by atoms with Crippen LogP contribution in [0.2, 0.25) is 5.15 Å². The minimum absolute atomic E-state index is 0.272. The molecule has 0 aliphatic rings. The van der Waals surface area contributed by atoms with Crippen molar-refractivity contribution in [1.29, 1.82) is 5.53 Å². The number of amides is 1. The molecule has 1 N–H and O–H groups in total. The van der Waals surface area contributed by atoms with Gasteiger partial charge in [-0.3, -0.25) is 4.79 Å². The van der Waals surface area contributed by atoms with E-state index >= 15 is 0 Å². The Morgan fingerprint density at radius 3 is 2.67 bits per heavy atom. The highest BCUT2D eigenvalue weighted by Gasteiger charge is 2.14. The third-order valence-electron chi connectivity index (χ3n) is 2.56. The molecule has 1 aromatic carbocycles. The number of hydrogen-bond acceptors (Lipinski definition) is 3. The van der Waals surface area contributed by atoms with Crippen molar-refractivity contribution in [2.75, 3.05) is 0 Å². The van der Waals surface area contributed by atoms with E-state index in [2.05, 4.69) is 10.1 Å². The maximum Gasteiger partial charge on any atom is 0.295 e. The molecule has 0 aliphatic heterocycles. The highest BCUT2D eigenvalue weighted by Crippen LogP contribution is 2.21. The van der Waals surface area contributed by atoms with Gasteiger partial charge >= 0.3 is 0 Å². The number of nitrogens with zero attached hydrogens (tertiary/aromatic N) is 2. The van der Waals surface area contributed by atoms with Crippen molar-refractivity contribution in [3.63, 3.8) is 0 Å². The lowest BCUT2D eigenvalue weighted by Crippen LogP contribution is -2.03. The Balaban J connectivity index is 2.43. The Morgan fingerprint density at radius 2 is 2.00 bits per heavy atom. The molecule has 2 rings (SSSR count). The average Bonchev–Trinajstić information content (AvgIpc) is 2.41. The summed E-state index contributed by atoms with van der Waals surface area (Å²) in [6, 6.07) is 11.2. The quantitative estimate of drug-likeness (QED) is 0.677. The summed E-state index contributed by atoms with van der Waals surface area (Å²) in [6.45, 7) is 0. The van der Waals surface area contributed by atoms with Gasteiger partial charge in [-0.1, -0.05) is 41.9 Å². The van der Waals surface area contributed by atoms with Crippen molar-refractivity contribution in [2.24, 2.45) is 5.11 Å². The number of carbonyl (C=O) groups is 1. The summed E-state index contributed by atoms with van der Waals surface area (Å²) in [5.41, 5.74) is 8.76. The normalized spacial score (nSPS) is 10.1. The van der Waals surface area contributed by atoms with Crippen molar-refractivity contribution >= 4 is 17.5 Å². The van der Waals surface area contributed by atoms with Crippen LogP contribution in [0.25, 0.3) is 0 Å². The van der Waals surface area contributed by atoms with Crippen LogP contribution in [0, 0.1) is 5.53 Å². The number of rotatable bonds is 3. The molecule has 1 aromatic heterocycles. The standard InChI is InChI=1S/C13H10ClN3O/c14-12-11(8-9-4-2-1-3-5-9)10(6-7-16-12)13(18)17-15/h1-7,15H,8H2. The molecule has 90 valence electrons. The van der Waals surface area contributed by atoms with E-state index in [0.29, 0.717) is 17.5 Å². The SMILES string of the molecule is N=NC(=O)c1ccnc(Cl)c1Cc1ccccc1. The lowest BCUT2D eigenvalue weighted by atomic mass is 10.0. The van der Waals surface area contributed by atoms with Crippen molar-refractivity contribution in [3.05, 3.63) is 64.4 Å². The smallest absolute Gasteiger partial charge is 0.265 e. The van der Waals surface area contributed by atoms with Gasteiger partial charge in [-0.25, -0.2) is 10.5 Å². The lowest BCUT2D eigenvalue weighted by Gasteiger charge is -2.07. The molecule has 0 spiro atoms. The van der Waals surface area contributed by atoms with Gasteiger partial charge in [0.2, 0.25) is 0 Å². The molecular weight excluding hydrogens is 250 g/mol. The van der Waals surface area contributed by atoms with E-state index in [4.69, 9.17) is 17.1 Å². The predicted octanol–water partition coefficient (Wildman–Crippen LogP) is 3.50. The van der Waals surface area contributed by atoms with Gasteiger partial charge in [-0.15, -0.1) is 5.11 Å². The fourth-order valence-corrected chi connectivity index (χ4v) is 1.92. The summed E-state index contributed by atoms with van der Waals surface area (Å²) in [5, 5.41) is 3.20. The first-order chi connectivity index (χ1) is 8.72. The van der Waals surface area contributed by atoms with Crippen LogP contribution >= 0.6 is 11.6 Å². The largest absolute Gasteiger partial charge is 0.295 e. The lowest BCUT2D eigenvalue weighted by molar-refractivity contribution is 0.0990. The molecule has 4 nitrogen and oxygen atoms in total. The van der Waals surface area contributed by atoms with Crippen molar-refractivity contribution in [3.8, 4) is 0 Å². The maximum atomic E-state index is 11.5. The predicted molar refractivity (Wildman–Crippen MR) is 68.0 cm³/mol. The third kappa shape index (κ3) is 2.60. The van der Waals surface area contributed by atoms with Crippen LogP contribution in [0.5, 0.6) is 0 Å². The van der Waals surface area contributed by atoms with E-state index in [1.807, 2.05) is 30.3 Å². The highest BCUT2D eigenvalue weighted by molar-refractivity contribution is 6.30. The van der Waals surface area contributed by atoms with E-state index < -0.39 is 5.91 Å². The van der Waals surface area contributed by atoms with Gasteiger partial charge in [0.1, 0.15) is 5.15 Å². The molecule has 0 radical (unpaired) electrons. The zero-order chi connectivity index (χ0) is 13.0. The van der Waals surface area contributed by atoms with Crippen molar-refractivity contribution in [2.45, 2.75) is 6.42 Å². The van der Waals surface area contributed by atoms with Crippen molar-refractivity contribution in [1.82, 2.24) is 4.98 Å². The zero-order valence-electron chi connectivity index (χ0n) is 9.43. The van der Waals surface area contributed by atoms with Gasteiger partial charge in [-0.05, 0) is 11.6 Å². The molecule has 0 aliphatic carbocycles. The molecule has 0 saturated carbocycles. The molecular formula is C13H10ClN3O. The number of benzene rings is 1. The summed E-state index contributed by atoms with van der Waals surface area (Å²) >= 11 is 6.01. The zero-order valence-corrected chi connectivity index (χ0v) is 10.2. The first kappa shape index (κ1) is 12.4. The van der Waals surface area contributed by atoms with Gasteiger partial charge in [0.05, 0.1) is 5.56 Å². The second kappa shape index (κ2) is 5.51. The second-order valence-corrected chi connectivity index (χ2v) is 4.07. The molecule has 1 amide bonds. The van der Waals surface area contributed by atoms with E-state index in [0.717, 1.165) is 5.56 Å². The highest BCUT2D eigenvalue weighted by atomic mass is 35.5. The van der Waals surface area contributed by atoms with Crippen LogP contribution in [-0.4, -0.2) is 10.9 Å². The Morgan fingerprint density at radius 1 is 1.28 bits per heavy atom. The molecule has 2 aromatic rings. The monoisotopic (exact) mass is 259 g/mol. The summed E-state index contributed by atoms with van der Waals surface area (Å²) in [4.78, 5) is 15.5. The Kier molecular flexibility index (Phi) is 3.79. The molecule has 0 atom stereocenters. The summed E-state index contributed by atoms with van der Waals surface area (Å²) in [7, 11) is 0. The number of carbonyl (C=O) groups excluding carboxylic acids is 1. The summed E-state index contributed by atoms with van der Waals surface area (Å²) < 4.78 is 0. The Labute approximate surface area is 109 Å². The fraction of sp³-hybridized carbons (Fsp3) is 0.0769. The van der Waals surface area contributed by atoms with Crippen LogP contribution in [0.4, 0.5) is 0 Å². The minimum Gasteiger partial charge on any atom is -0.265 e. The Bertz CT molecular complexity index is 584. The third-order valence-corrected chi connectivity index (χ3v) is 2.88. The second-order valence-electron chi connectivity index (χ2n) is 3.71. The number of aromatic nitrogens is 1. The summed E-state index contributed by atoms with van der Waals surface area (Å²) in [5.74, 6) is -0.606. The fourth-order valence-electron chi connectivity index (χ4n) is 1.70. The molecule has 0 fully saturated rings. The van der Waals surface area contributed by atoms with Crippen LogP contribution in [0.1, 0.15) is 21.5 Å². The Hall–Kier alpha value is -2.07. The van der Waals surface area contributed by atoms with E-state index in [-0.39, 0.29) is 5.15 Å². The van der Waals surface area contributed by atoms with Gasteiger partial charge in [0.25, 0.3) is 5.91 Å². The van der Waals surface area contributed by atoms with Crippen LogP contribution in [-0.2, 0) is 6.42 Å². The first-order valence-corrected chi connectivity index (χ1v) is 5.69. The van der Waals surface area contributed by atoms with Gasteiger partial charge in [0.15, 0.2) is 0 Å². The number of pyridine rings is 1. The van der Waals surface area contributed by atoms with Crippen LogP contribution in [0.3, 0.4) is 0 Å². The van der Waals surface area contributed by atoms with Gasteiger partial charge in [0, 0.05) is 18.2 Å².